The van der Waals surface area contributed by atoms with Crippen LogP contribution >= 0.6 is 0 Å². The second-order valence-corrected chi connectivity index (χ2v) is 10.1. The first-order chi connectivity index (χ1) is 17.5. The normalized spacial score (nSPS) is 14.2. The average Bonchev–Trinajstić information content (AvgIpc) is 2.83. The van der Waals surface area contributed by atoms with Gasteiger partial charge in [0.05, 0.1) is 0 Å². The molecule has 1 aromatic rings. The molecule has 0 aliphatic rings. The fraction of sp³-hybridized carbons (Fsp3) is 0.778. The lowest BCUT2D eigenvalue weighted by Crippen LogP contribution is -2.31. The molecular weight excluding hydrogens is 450 g/mol. The molecule has 36 heavy (non-hydrogen) atoms. The molecular formula is C27H57N9. The maximum Gasteiger partial charge on any atom is 0.00914 e. The van der Waals surface area contributed by atoms with Gasteiger partial charge in [-0.05, 0) is 133 Å². The molecule has 0 spiro atoms. The molecule has 0 radical (unpaired) electrons. The predicted octanol–water partition coefficient (Wildman–Crippen LogP) is -0.718. The fourth-order valence-corrected chi connectivity index (χ4v) is 4.33. The Hall–Kier alpha value is -1.14. The quantitative estimate of drug-likeness (QED) is 0.0812. The topological polar surface area (TPSA) is 192 Å². The molecule has 0 aromatic heterocycles. The Labute approximate surface area is 220 Å². The Morgan fingerprint density at radius 2 is 0.750 bits per heavy atom. The smallest absolute Gasteiger partial charge is 0.00914 e. The van der Waals surface area contributed by atoms with Crippen molar-refractivity contribution < 1.29 is 0 Å². The van der Waals surface area contributed by atoms with Crippen molar-refractivity contribution in [2.24, 2.45) is 34.4 Å². The van der Waals surface area contributed by atoms with Crippen molar-refractivity contribution in [3.05, 3.63) is 34.9 Å². The van der Waals surface area contributed by atoms with Gasteiger partial charge in [-0.15, -0.1) is 0 Å². The number of hydrogen-bond acceptors (Lipinski definition) is 9. The summed E-state index contributed by atoms with van der Waals surface area (Å²) >= 11 is 0. The second kappa shape index (κ2) is 21.9. The molecule has 0 fully saturated rings. The molecule has 3 atom stereocenters. The van der Waals surface area contributed by atoms with Gasteiger partial charge in [-0.1, -0.05) is 18.2 Å². The lowest BCUT2D eigenvalue weighted by atomic mass is 9.93. The monoisotopic (exact) mass is 507 g/mol. The van der Waals surface area contributed by atoms with Crippen molar-refractivity contribution in [2.45, 2.75) is 75.9 Å². The summed E-state index contributed by atoms with van der Waals surface area (Å²) in [5, 5.41) is 10.3. The van der Waals surface area contributed by atoms with Crippen LogP contribution in [0.1, 0.15) is 55.2 Å². The van der Waals surface area contributed by atoms with Crippen molar-refractivity contribution in [3.63, 3.8) is 0 Å². The van der Waals surface area contributed by atoms with E-state index >= 15 is 0 Å². The zero-order chi connectivity index (χ0) is 26.4. The Morgan fingerprint density at radius 3 is 1.00 bits per heavy atom. The summed E-state index contributed by atoms with van der Waals surface area (Å²) in [5.41, 5.74) is 40.0. The largest absolute Gasteiger partial charge is 0.330 e. The highest BCUT2D eigenvalue weighted by Crippen LogP contribution is 2.17. The van der Waals surface area contributed by atoms with Crippen LogP contribution in [0.4, 0.5) is 0 Å². The molecule has 0 aliphatic carbocycles. The summed E-state index contributed by atoms with van der Waals surface area (Å²) in [4.78, 5) is 0. The minimum Gasteiger partial charge on any atom is -0.330 e. The number of hydrogen-bond donors (Lipinski definition) is 9. The van der Waals surface area contributed by atoms with Crippen molar-refractivity contribution >= 4 is 0 Å². The van der Waals surface area contributed by atoms with Gasteiger partial charge in [0.2, 0.25) is 0 Å². The molecule has 1 aromatic carbocycles. The molecule has 0 aliphatic heterocycles. The highest BCUT2D eigenvalue weighted by molar-refractivity contribution is 5.32. The van der Waals surface area contributed by atoms with Crippen molar-refractivity contribution in [3.8, 4) is 0 Å². The fourth-order valence-electron chi connectivity index (χ4n) is 4.33. The summed E-state index contributed by atoms with van der Waals surface area (Å²) in [5.74, 6) is 0. The number of nitrogens with one attached hydrogen (secondary N) is 3. The van der Waals surface area contributed by atoms with E-state index in [2.05, 4.69) is 34.1 Å². The Kier molecular flexibility index (Phi) is 20.0. The summed E-state index contributed by atoms with van der Waals surface area (Å²) in [7, 11) is 0. The van der Waals surface area contributed by atoms with Gasteiger partial charge in [0.1, 0.15) is 0 Å². The molecule has 0 amide bonds. The molecule has 0 saturated heterocycles. The van der Waals surface area contributed by atoms with E-state index in [1.165, 1.54) is 16.7 Å². The molecule has 1 rings (SSSR count). The third-order valence-corrected chi connectivity index (χ3v) is 6.35. The van der Waals surface area contributed by atoms with Crippen LogP contribution < -0.4 is 50.4 Å². The van der Waals surface area contributed by atoms with Gasteiger partial charge in [-0.3, -0.25) is 0 Å². The third-order valence-electron chi connectivity index (χ3n) is 6.35. The first-order valence-corrected chi connectivity index (χ1v) is 14.1. The van der Waals surface area contributed by atoms with Crippen molar-refractivity contribution in [2.75, 3.05) is 58.9 Å². The van der Waals surface area contributed by atoms with E-state index in [-0.39, 0.29) is 18.1 Å². The molecule has 0 bridgehead atoms. The van der Waals surface area contributed by atoms with Crippen molar-refractivity contribution in [1.82, 2.24) is 16.0 Å². The van der Waals surface area contributed by atoms with Crippen LogP contribution in [0.2, 0.25) is 0 Å². The molecule has 15 N–H and O–H groups in total. The summed E-state index contributed by atoms with van der Waals surface area (Å²) < 4.78 is 0. The van der Waals surface area contributed by atoms with Crippen molar-refractivity contribution in [1.29, 1.82) is 0 Å². The van der Waals surface area contributed by atoms with Crippen LogP contribution in [0.25, 0.3) is 0 Å². The Morgan fingerprint density at radius 1 is 0.472 bits per heavy atom. The summed E-state index contributed by atoms with van der Waals surface area (Å²) in [6.07, 6.45) is 8.34. The Bertz CT molecular complexity index is 546. The van der Waals surface area contributed by atoms with Crippen LogP contribution in [-0.4, -0.2) is 77.0 Å². The van der Waals surface area contributed by atoms with E-state index in [1.54, 1.807) is 0 Å². The maximum absolute atomic E-state index is 6.49. The predicted molar refractivity (Wildman–Crippen MR) is 155 cm³/mol. The molecule has 9 heteroatoms. The highest BCUT2D eigenvalue weighted by Gasteiger charge is 2.12. The Balaban J connectivity index is 2.70. The number of benzene rings is 1. The van der Waals surface area contributed by atoms with E-state index in [4.69, 9.17) is 34.4 Å². The average molecular weight is 508 g/mol. The van der Waals surface area contributed by atoms with Gasteiger partial charge in [0.15, 0.2) is 0 Å². The lowest BCUT2D eigenvalue weighted by molar-refractivity contribution is 0.545. The maximum atomic E-state index is 6.49. The van der Waals surface area contributed by atoms with E-state index < -0.39 is 0 Å². The van der Waals surface area contributed by atoms with Crippen LogP contribution in [0, 0.1) is 0 Å². The van der Waals surface area contributed by atoms with Crippen LogP contribution in [0.3, 0.4) is 0 Å². The second-order valence-electron chi connectivity index (χ2n) is 10.1. The van der Waals surface area contributed by atoms with E-state index in [0.717, 1.165) is 97.1 Å². The third kappa shape index (κ3) is 17.3. The minimum absolute atomic E-state index is 0.110. The molecule has 210 valence electrons. The first-order valence-electron chi connectivity index (χ1n) is 14.1. The molecule has 0 heterocycles. The highest BCUT2D eigenvalue weighted by atomic mass is 14.9. The van der Waals surface area contributed by atoms with E-state index in [1.807, 2.05) is 0 Å². The minimum atomic E-state index is 0.110. The van der Waals surface area contributed by atoms with E-state index in [9.17, 15) is 0 Å². The molecule has 3 unspecified atom stereocenters. The molecule has 0 saturated carbocycles. The van der Waals surface area contributed by atoms with Crippen LogP contribution in [0.15, 0.2) is 18.2 Å². The van der Waals surface area contributed by atoms with Gasteiger partial charge < -0.3 is 50.4 Å². The number of nitrogens with two attached hydrogens (primary N) is 6. The van der Waals surface area contributed by atoms with Gasteiger partial charge in [0.25, 0.3) is 0 Å². The molecule has 9 nitrogen and oxygen atoms in total. The van der Waals surface area contributed by atoms with Gasteiger partial charge in [0, 0.05) is 18.1 Å². The standard InChI is InChI=1S/C27H57N9/c28-7-1-10-34-13-4-25(31)19-22-16-23(20-26(32)5-14-35-11-2-8-29)18-24(17-22)21-27(33)6-15-36-12-3-9-30/h16-18,25-27,34-36H,1-15,19-21,28-33H2. The summed E-state index contributed by atoms with van der Waals surface area (Å²) in [6, 6.07) is 7.19. The summed E-state index contributed by atoms with van der Waals surface area (Å²) in [6.45, 7) is 7.72. The lowest BCUT2D eigenvalue weighted by Gasteiger charge is -2.18. The van der Waals surface area contributed by atoms with Gasteiger partial charge >= 0.3 is 0 Å². The van der Waals surface area contributed by atoms with E-state index in [0.29, 0.717) is 19.6 Å². The zero-order valence-corrected chi connectivity index (χ0v) is 22.7. The zero-order valence-electron chi connectivity index (χ0n) is 22.7. The number of rotatable bonds is 24. The SMILES string of the molecule is NCCCNCCC(N)Cc1cc(CC(N)CCNCCCN)cc(CC(N)CCNCCCN)c1. The van der Waals surface area contributed by atoms with Crippen LogP contribution in [0.5, 0.6) is 0 Å². The van der Waals surface area contributed by atoms with Gasteiger partial charge in [-0.25, -0.2) is 0 Å². The van der Waals surface area contributed by atoms with Crippen LogP contribution in [-0.2, 0) is 19.3 Å². The first kappa shape index (κ1) is 32.9. The van der Waals surface area contributed by atoms with Gasteiger partial charge in [-0.2, -0.15) is 0 Å².